The van der Waals surface area contributed by atoms with E-state index in [0.29, 0.717) is 0 Å². The second kappa shape index (κ2) is 4.96. The van der Waals surface area contributed by atoms with E-state index in [1.165, 1.54) is 6.42 Å². The van der Waals surface area contributed by atoms with Crippen LogP contribution < -0.4 is 0 Å². The smallest absolute Gasteiger partial charge is 0.253 e. The fourth-order valence-electron chi connectivity index (χ4n) is 2.40. The Bertz CT molecular complexity index is 428. The van der Waals surface area contributed by atoms with Gasteiger partial charge >= 0.3 is 0 Å². The van der Waals surface area contributed by atoms with Crippen LogP contribution >= 0.6 is 22.6 Å². The van der Waals surface area contributed by atoms with E-state index in [1.807, 2.05) is 29.2 Å². The maximum atomic E-state index is 12.4. The molecule has 0 bridgehead atoms. The summed E-state index contributed by atoms with van der Waals surface area (Å²) in [7, 11) is 0. The van der Waals surface area contributed by atoms with Gasteiger partial charge in [-0.25, -0.2) is 0 Å². The highest BCUT2D eigenvalue weighted by atomic mass is 127. The highest BCUT2D eigenvalue weighted by molar-refractivity contribution is 14.1. The summed E-state index contributed by atoms with van der Waals surface area (Å²) in [5.41, 5.74) is 1.07. The Hall–Kier alpha value is -0.580. The van der Waals surface area contributed by atoms with Gasteiger partial charge in [0.05, 0.1) is 0 Å². The SMILES string of the molecule is CC1(C)CCCN(C(=O)c2cccc(I)c2)C1. The number of piperidine rings is 1. The van der Waals surface area contributed by atoms with Crippen molar-refractivity contribution in [2.75, 3.05) is 13.1 Å². The average Bonchev–Trinajstić information content (AvgIpc) is 2.26. The molecule has 3 heteroatoms. The Labute approximate surface area is 117 Å². The minimum atomic E-state index is 0.177. The molecule has 1 fully saturated rings. The first-order valence-electron chi connectivity index (χ1n) is 6.03. The molecule has 1 aliphatic rings. The van der Waals surface area contributed by atoms with Crippen LogP contribution in [0.4, 0.5) is 0 Å². The topological polar surface area (TPSA) is 20.3 Å². The van der Waals surface area contributed by atoms with Gasteiger partial charge < -0.3 is 4.90 Å². The molecule has 0 atom stereocenters. The molecule has 92 valence electrons. The lowest BCUT2D eigenvalue weighted by atomic mass is 9.84. The van der Waals surface area contributed by atoms with Gasteiger partial charge in [-0.15, -0.1) is 0 Å². The summed E-state index contributed by atoms with van der Waals surface area (Å²) in [6.45, 7) is 6.24. The lowest BCUT2D eigenvalue weighted by Crippen LogP contribution is -2.43. The number of hydrogen-bond acceptors (Lipinski definition) is 1. The van der Waals surface area contributed by atoms with Crippen LogP contribution in [0.25, 0.3) is 0 Å². The molecule has 0 N–H and O–H groups in total. The van der Waals surface area contributed by atoms with Crippen LogP contribution in [-0.4, -0.2) is 23.9 Å². The summed E-state index contributed by atoms with van der Waals surface area (Å²) in [5.74, 6) is 0.177. The third-order valence-corrected chi connectivity index (χ3v) is 3.93. The van der Waals surface area contributed by atoms with Crippen LogP contribution in [-0.2, 0) is 0 Å². The summed E-state index contributed by atoms with van der Waals surface area (Å²) in [6.07, 6.45) is 2.33. The number of nitrogens with zero attached hydrogens (tertiary/aromatic N) is 1. The van der Waals surface area contributed by atoms with E-state index in [-0.39, 0.29) is 11.3 Å². The Morgan fingerprint density at radius 1 is 1.41 bits per heavy atom. The largest absolute Gasteiger partial charge is 0.338 e. The fourth-order valence-corrected chi connectivity index (χ4v) is 2.94. The second-order valence-corrected chi connectivity index (χ2v) is 6.75. The Morgan fingerprint density at radius 2 is 2.18 bits per heavy atom. The number of benzene rings is 1. The van der Waals surface area contributed by atoms with Crippen LogP contribution in [0.2, 0.25) is 0 Å². The molecular weight excluding hydrogens is 325 g/mol. The summed E-state index contributed by atoms with van der Waals surface area (Å²) in [4.78, 5) is 14.4. The Morgan fingerprint density at radius 3 is 2.82 bits per heavy atom. The van der Waals surface area contributed by atoms with Crippen molar-refractivity contribution in [3.8, 4) is 0 Å². The third kappa shape index (κ3) is 3.21. The van der Waals surface area contributed by atoms with Crippen molar-refractivity contribution >= 4 is 28.5 Å². The van der Waals surface area contributed by atoms with Crippen LogP contribution in [0.15, 0.2) is 24.3 Å². The highest BCUT2D eigenvalue weighted by Gasteiger charge is 2.29. The number of likely N-dealkylation sites (tertiary alicyclic amines) is 1. The molecular formula is C14H18INO. The molecule has 0 aromatic heterocycles. The first-order chi connectivity index (χ1) is 7.98. The minimum Gasteiger partial charge on any atom is -0.338 e. The molecule has 0 radical (unpaired) electrons. The predicted octanol–water partition coefficient (Wildman–Crippen LogP) is 3.55. The monoisotopic (exact) mass is 343 g/mol. The zero-order valence-corrected chi connectivity index (χ0v) is 12.5. The number of carbonyl (C=O) groups excluding carboxylic acids is 1. The third-order valence-electron chi connectivity index (χ3n) is 3.26. The second-order valence-electron chi connectivity index (χ2n) is 5.50. The van der Waals surface area contributed by atoms with E-state index in [4.69, 9.17) is 0 Å². The van der Waals surface area contributed by atoms with Gasteiger partial charge in [0.25, 0.3) is 5.91 Å². The first-order valence-corrected chi connectivity index (χ1v) is 7.11. The van der Waals surface area contributed by atoms with Crippen molar-refractivity contribution < 1.29 is 4.79 Å². The molecule has 0 saturated carbocycles. The number of hydrogen-bond donors (Lipinski definition) is 0. The van der Waals surface area contributed by atoms with Crippen molar-refractivity contribution in [2.45, 2.75) is 26.7 Å². The van der Waals surface area contributed by atoms with E-state index in [0.717, 1.165) is 28.6 Å². The van der Waals surface area contributed by atoms with Crippen LogP contribution in [0, 0.1) is 8.99 Å². The molecule has 2 nitrogen and oxygen atoms in total. The molecule has 0 spiro atoms. The molecule has 1 aromatic rings. The molecule has 17 heavy (non-hydrogen) atoms. The first kappa shape index (κ1) is 12.9. The quantitative estimate of drug-likeness (QED) is 0.714. The van der Waals surface area contributed by atoms with E-state index >= 15 is 0 Å². The molecule has 2 rings (SSSR count). The summed E-state index contributed by atoms with van der Waals surface area (Å²) < 4.78 is 1.12. The van der Waals surface area contributed by atoms with Crippen LogP contribution in [0.1, 0.15) is 37.0 Å². The molecule has 0 unspecified atom stereocenters. The Balaban J connectivity index is 2.15. The van der Waals surface area contributed by atoms with Crippen molar-refractivity contribution in [3.63, 3.8) is 0 Å². The molecule has 1 heterocycles. The highest BCUT2D eigenvalue weighted by Crippen LogP contribution is 2.29. The van der Waals surface area contributed by atoms with Gasteiger partial charge in [0, 0.05) is 22.2 Å². The minimum absolute atomic E-state index is 0.177. The number of carbonyl (C=O) groups is 1. The van der Waals surface area contributed by atoms with Crippen molar-refractivity contribution in [1.29, 1.82) is 0 Å². The van der Waals surface area contributed by atoms with Gasteiger partial charge in [-0.3, -0.25) is 4.79 Å². The number of amides is 1. The van der Waals surface area contributed by atoms with E-state index in [2.05, 4.69) is 36.4 Å². The lowest BCUT2D eigenvalue weighted by Gasteiger charge is -2.38. The average molecular weight is 343 g/mol. The fraction of sp³-hybridized carbons (Fsp3) is 0.500. The van der Waals surface area contributed by atoms with E-state index in [9.17, 15) is 4.79 Å². The summed E-state index contributed by atoms with van der Waals surface area (Å²) in [6, 6.07) is 7.83. The predicted molar refractivity (Wildman–Crippen MR) is 78.1 cm³/mol. The number of rotatable bonds is 1. The summed E-state index contributed by atoms with van der Waals surface area (Å²) >= 11 is 2.25. The van der Waals surface area contributed by atoms with Gasteiger partial charge in [-0.2, -0.15) is 0 Å². The number of halogens is 1. The van der Waals surface area contributed by atoms with Gasteiger partial charge in [-0.1, -0.05) is 19.9 Å². The van der Waals surface area contributed by atoms with Crippen molar-refractivity contribution in [1.82, 2.24) is 4.90 Å². The van der Waals surface area contributed by atoms with E-state index < -0.39 is 0 Å². The summed E-state index contributed by atoms with van der Waals surface area (Å²) in [5, 5.41) is 0. The van der Waals surface area contributed by atoms with Crippen LogP contribution in [0.5, 0.6) is 0 Å². The zero-order chi connectivity index (χ0) is 12.5. The molecule has 1 saturated heterocycles. The normalized spacial score (nSPS) is 19.1. The maximum Gasteiger partial charge on any atom is 0.253 e. The molecule has 0 aliphatic carbocycles. The molecule has 1 aliphatic heterocycles. The van der Waals surface area contributed by atoms with Gasteiger partial charge in [0.2, 0.25) is 0 Å². The van der Waals surface area contributed by atoms with Crippen molar-refractivity contribution in [2.24, 2.45) is 5.41 Å². The van der Waals surface area contributed by atoms with Crippen molar-refractivity contribution in [3.05, 3.63) is 33.4 Å². The standard InChI is InChI=1S/C14H18INO/c1-14(2)7-4-8-16(10-14)13(17)11-5-3-6-12(15)9-11/h3,5-6,9H,4,7-8,10H2,1-2H3. The van der Waals surface area contributed by atoms with Gasteiger partial charge in [0.1, 0.15) is 0 Å². The van der Waals surface area contributed by atoms with Gasteiger partial charge in [0.15, 0.2) is 0 Å². The molecule has 1 amide bonds. The van der Waals surface area contributed by atoms with E-state index in [1.54, 1.807) is 0 Å². The lowest BCUT2D eigenvalue weighted by molar-refractivity contribution is 0.0583. The Kier molecular flexibility index (Phi) is 3.76. The van der Waals surface area contributed by atoms with Gasteiger partial charge in [-0.05, 0) is 59.0 Å². The molecule has 1 aromatic carbocycles. The maximum absolute atomic E-state index is 12.4. The zero-order valence-electron chi connectivity index (χ0n) is 10.4. The van der Waals surface area contributed by atoms with Crippen LogP contribution in [0.3, 0.4) is 0 Å².